The summed E-state index contributed by atoms with van der Waals surface area (Å²) in [5.74, 6) is -0.387. The van der Waals surface area contributed by atoms with Crippen LogP contribution in [0.15, 0.2) is 12.2 Å². The van der Waals surface area contributed by atoms with E-state index in [0.717, 1.165) is 25.7 Å². The van der Waals surface area contributed by atoms with E-state index in [1.807, 2.05) is 0 Å². The SMILES string of the molecule is [CH2]OCCCCCCN1C(=O)C=CC1=O. The van der Waals surface area contributed by atoms with Gasteiger partial charge in [0.05, 0.1) is 7.11 Å². The first-order valence-electron chi connectivity index (χ1n) is 5.16. The fourth-order valence-electron chi connectivity index (χ4n) is 1.48. The molecule has 1 aliphatic rings. The van der Waals surface area contributed by atoms with Crippen molar-refractivity contribution in [3.63, 3.8) is 0 Å². The van der Waals surface area contributed by atoms with Gasteiger partial charge in [-0.1, -0.05) is 12.8 Å². The Labute approximate surface area is 89.9 Å². The molecule has 1 aliphatic heterocycles. The van der Waals surface area contributed by atoms with E-state index in [2.05, 4.69) is 11.8 Å². The zero-order valence-corrected chi connectivity index (χ0v) is 8.78. The van der Waals surface area contributed by atoms with E-state index < -0.39 is 0 Å². The lowest BCUT2D eigenvalue weighted by molar-refractivity contribution is -0.136. The predicted octanol–water partition coefficient (Wildman–Crippen LogP) is 1.28. The van der Waals surface area contributed by atoms with Crippen LogP contribution in [0.1, 0.15) is 25.7 Å². The summed E-state index contributed by atoms with van der Waals surface area (Å²) in [4.78, 5) is 23.6. The Bertz CT molecular complexity index is 243. The number of amides is 2. The minimum atomic E-state index is -0.193. The highest BCUT2D eigenvalue weighted by atomic mass is 16.5. The molecule has 0 N–H and O–H groups in total. The van der Waals surface area contributed by atoms with Gasteiger partial charge in [0.1, 0.15) is 0 Å². The summed E-state index contributed by atoms with van der Waals surface area (Å²) in [6, 6.07) is 0. The lowest BCUT2D eigenvalue weighted by atomic mass is 10.2. The molecule has 15 heavy (non-hydrogen) atoms. The molecule has 0 aromatic carbocycles. The van der Waals surface area contributed by atoms with Gasteiger partial charge in [0, 0.05) is 25.3 Å². The Hall–Kier alpha value is -1.16. The monoisotopic (exact) mass is 210 g/mol. The number of hydrogen-bond donors (Lipinski definition) is 0. The van der Waals surface area contributed by atoms with Crippen LogP contribution in [0.25, 0.3) is 0 Å². The molecular formula is C11H16NO3. The topological polar surface area (TPSA) is 46.6 Å². The lowest BCUT2D eigenvalue weighted by Crippen LogP contribution is -2.30. The normalized spacial score (nSPS) is 15.4. The molecule has 1 heterocycles. The standard InChI is InChI=1S/C11H16NO3/c1-15-9-5-3-2-4-8-12-10(13)6-7-11(12)14/h6-7H,1-5,8-9H2. The molecule has 0 spiro atoms. The molecule has 4 nitrogen and oxygen atoms in total. The minimum Gasteiger partial charge on any atom is -0.379 e. The summed E-state index contributed by atoms with van der Waals surface area (Å²) in [7, 11) is 3.28. The molecule has 1 rings (SSSR count). The molecule has 0 fully saturated rings. The van der Waals surface area contributed by atoms with E-state index in [1.165, 1.54) is 17.1 Å². The number of imide groups is 1. The molecule has 4 heteroatoms. The van der Waals surface area contributed by atoms with Crippen molar-refractivity contribution in [1.82, 2.24) is 4.90 Å². The average molecular weight is 210 g/mol. The van der Waals surface area contributed by atoms with Crippen molar-refractivity contribution in [3.8, 4) is 0 Å². The van der Waals surface area contributed by atoms with Crippen LogP contribution in [-0.2, 0) is 14.3 Å². The van der Waals surface area contributed by atoms with Crippen LogP contribution in [0, 0.1) is 7.11 Å². The van der Waals surface area contributed by atoms with Gasteiger partial charge >= 0.3 is 0 Å². The maximum Gasteiger partial charge on any atom is 0.253 e. The van der Waals surface area contributed by atoms with Gasteiger partial charge in [0.25, 0.3) is 11.8 Å². The quantitative estimate of drug-likeness (QED) is 0.469. The fourth-order valence-corrected chi connectivity index (χ4v) is 1.48. The van der Waals surface area contributed by atoms with Crippen LogP contribution >= 0.6 is 0 Å². The van der Waals surface area contributed by atoms with Gasteiger partial charge in [-0.3, -0.25) is 14.5 Å². The molecule has 0 aromatic heterocycles. The van der Waals surface area contributed by atoms with Gasteiger partial charge in [-0.25, -0.2) is 0 Å². The molecule has 0 atom stereocenters. The molecule has 83 valence electrons. The van der Waals surface area contributed by atoms with Crippen LogP contribution in [-0.4, -0.2) is 29.9 Å². The number of carbonyl (C=O) groups is 2. The Kier molecular flexibility index (Phi) is 5.04. The van der Waals surface area contributed by atoms with Crippen molar-refractivity contribution < 1.29 is 14.3 Å². The second kappa shape index (κ2) is 6.35. The summed E-state index contributed by atoms with van der Waals surface area (Å²) in [6.07, 6.45) is 6.51. The highest BCUT2D eigenvalue weighted by molar-refractivity contribution is 6.12. The summed E-state index contributed by atoms with van der Waals surface area (Å²) >= 11 is 0. The number of unbranched alkanes of at least 4 members (excludes halogenated alkanes) is 3. The first-order chi connectivity index (χ1) is 7.25. The van der Waals surface area contributed by atoms with E-state index in [-0.39, 0.29) is 11.8 Å². The van der Waals surface area contributed by atoms with E-state index in [4.69, 9.17) is 0 Å². The molecule has 2 amide bonds. The smallest absolute Gasteiger partial charge is 0.253 e. The van der Waals surface area contributed by atoms with Crippen molar-refractivity contribution in [2.75, 3.05) is 13.2 Å². The van der Waals surface area contributed by atoms with Crippen molar-refractivity contribution in [3.05, 3.63) is 19.3 Å². The van der Waals surface area contributed by atoms with E-state index in [0.29, 0.717) is 13.2 Å². The second-order valence-electron chi connectivity index (χ2n) is 3.48. The number of rotatable bonds is 7. The van der Waals surface area contributed by atoms with Gasteiger partial charge in [-0.15, -0.1) is 0 Å². The Morgan fingerprint density at radius 3 is 2.27 bits per heavy atom. The largest absolute Gasteiger partial charge is 0.379 e. The third-order valence-electron chi connectivity index (χ3n) is 2.32. The van der Waals surface area contributed by atoms with Crippen LogP contribution in [0.5, 0.6) is 0 Å². The highest BCUT2D eigenvalue weighted by Gasteiger charge is 2.21. The summed E-state index contributed by atoms with van der Waals surface area (Å²) in [5.41, 5.74) is 0. The molecule has 0 saturated carbocycles. The fraction of sp³-hybridized carbons (Fsp3) is 0.545. The maximum absolute atomic E-state index is 11.1. The Morgan fingerprint density at radius 2 is 1.67 bits per heavy atom. The van der Waals surface area contributed by atoms with Crippen molar-refractivity contribution in [2.24, 2.45) is 0 Å². The zero-order chi connectivity index (χ0) is 11.1. The molecule has 1 radical (unpaired) electrons. The molecular weight excluding hydrogens is 194 g/mol. The summed E-state index contributed by atoms with van der Waals surface area (Å²) < 4.78 is 4.68. The number of nitrogens with zero attached hydrogens (tertiary/aromatic N) is 1. The van der Waals surface area contributed by atoms with Crippen LogP contribution < -0.4 is 0 Å². The Morgan fingerprint density at radius 1 is 1.07 bits per heavy atom. The van der Waals surface area contributed by atoms with Crippen molar-refractivity contribution in [2.45, 2.75) is 25.7 Å². The minimum absolute atomic E-state index is 0.193. The van der Waals surface area contributed by atoms with E-state index in [1.54, 1.807) is 0 Å². The molecule has 0 unspecified atom stereocenters. The van der Waals surface area contributed by atoms with Crippen LogP contribution in [0.4, 0.5) is 0 Å². The van der Waals surface area contributed by atoms with Gasteiger partial charge < -0.3 is 4.74 Å². The van der Waals surface area contributed by atoms with E-state index in [9.17, 15) is 9.59 Å². The van der Waals surface area contributed by atoms with Crippen molar-refractivity contribution in [1.29, 1.82) is 0 Å². The predicted molar refractivity (Wildman–Crippen MR) is 55.6 cm³/mol. The first kappa shape index (κ1) is 11.9. The number of hydrogen-bond acceptors (Lipinski definition) is 3. The Balaban J connectivity index is 2.05. The van der Waals surface area contributed by atoms with Gasteiger partial charge in [0.15, 0.2) is 0 Å². The lowest BCUT2D eigenvalue weighted by Gasteiger charge is -2.12. The summed E-state index contributed by atoms with van der Waals surface area (Å²) in [5, 5.41) is 0. The number of carbonyl (C=O) groups excluding carboxylic acids is 2. The zero-order valence-electron chi connectivity index (χ0n) is 8.78. The van der Waals surface area contributed by atoms with Crippen molar-refractivity contribution >= 4 is 11.8 Å². The average Bonchev–Trinajstić information content (AvgIpc) is 2.54. The second-order valence-corrected chi connectivity index (χ2v) is 3.48. The molecule has 0 aliphatic carbocycles. The summed E-state index contributed by atoms with van der Waals surface area (Å²) in [6.45, 7) is 1.19. The maximum atomic E-state index is 11.1. The third kappa shape index (κ3) is 3.83. The third-order valence-corrected chi connectivity index (χ3v) is 2.32. The van der Waals surface area contributed by atoms with E-state index >= 15 is 0 Å². The van der Waals surface area contributed by atoms with Gasteiger partial charge in [-0.2, -0.15) is 0 Å². The van der Waals surface area contributed by atoms with Crippen LogP contribution in [0.2, 0.25) is 0 Å². The molecule has 0 bridgehead atoms. The van der Waals surface area contributed by atoms with Gasteiger partial charge in [-0.05, 0) is 12.8 Å². The van der Waals surface area contributed by atoms with Gasteiger partial charge in [0.2, 0.25) is 0 Å². The number of ether oxygens (including phenoxy) is 1. The molecule has 0 saturated heterocycles. The van der Waals surface area contributed by atoms with Crippen LogP contribution in [0.3, 0.4) is 0 Å². The molecule has 0 aromatic rings. The highest BCUT2D eigenvalue weighted by Crippen LogP contribution is 2.07. The first-order valence-corrected chi connectivity index (χ1v) is 5.16.